The van der Waals surface area contributed by atoms with E-state index in [2.05, 4.69) is 22.0 Å². The van der Waals surface area contributed by atoms with E-state index in [1.807, 2.05) is 41.0 Å². The number of carbonyl (C=O) groups is 1. The molecule has 2 heterocycles. The lowest BCUT2D eigenvalue weighted by atomic mass is 9.69. The Morgan fingerprint density at radius 1 is 1.17 bits per heavy atom. The van der Waals surface area contributed by atoms with Crippen LogP contribution in [0.4, 0.5) is 0 Å². The van der Waals surface area contributed by atoms with Crippen LogP contribution < -0.4 is 10.2 Å². The second-order valence-electron chi connectivity index (χ2n) is 8.08. The van der Waals surface area contributed by atoms with Gasteiger partial charge in [0.15, 0.2) is 5.43 Å². The molecular weight excluding hydrogens is 446 g/mol. The number of halogens is 1. The molecule has 1 fully saturated rings. The Morgan fingerprint density at radius 2 is 1.93 bits per heavy atom. The smallest absolute Gasteiger partial charge is 0.341 e. The van der Waals surface area contributed by atoms with Crippen molar-refractivity contribution >= 4 is 21.9 Å². The number of ether oxygens (including phenoxy) is 1. The number of nitrogens with zero attached hydrogens (tertiary/aromatic N) is 1. The van der Waals surface area contributed by atoms with Crippen molar-refractivity contribution in [1.29, 1.82) is 0 Å². The van der Waals surface area contributed by atoms with Crippen molar-refractivity contribution in [3.63, 3.8) is 0 Å². The second-order valence-corrected chi connectivity index (χ2v) is 8.93. The first-order chi connectivity index (χ1) is 14.5. The van der Waals surface area contributed by atoms with Crippen LogP contribution >= 0.6 is 15.9 Å². The number of rotatable bonds is 4. The summed E-state index contributed by atoms with van der Waals surface area (Å²) in [4.78, 5) is 24.0. The Hall–Kier alpha value is -2.86. The van der Waals surface area contributed by atoms with Crippen LogP contribution in [0.2, 0.25) is 0 Å². The van der Waals surface area contributed by atoms with Gasteiger partial charge in [0.05, 0.1) is 10.2 Å². The zero-order chi connectivity index (χ0) is 20.9. The number of hydrogen-bond acceptors (Lipinski definition) is 3. The maximum Gasteiger partial charge on any atom is 0.341 e. The van der Waals surface area contributed by atoms with E-state index in [9.17, 15) is 14.7 Å². The lowest BCUT2D eigenvalue weighted by Gasteiger charge is -2.48. The predicted octanol–water partition coefficient (Wildman–Crippen LogP) is 4.99. The Bertz CT molecular complexity index is 1210. The van der Waals surface area contributed by atoms with E-state index >= 15 is 0 Å². The maximum absolute atomic E-state index is 12.4. The van der Waals surface area contributed by atoms with E-state index in [1.54, 1.807) is 0 Å². The van der Waals surface area contributed by atoms with Crippen LogP contribution in [0, 0.1) is 0 Å². The largest absolute Gasteiger partial charge is 0.488 e. The molecule has 2 aromatic carbocycles. The fourth-order valence-corrected chi connectivity index (χ4v) is 5.02. The summed E-state index contributed by atoms with van der Waals surface area (Å²) in [7, 11) is 0. The highest BCUT2D eigenvalue weighted by Gasteiger charge is 2.43. The van der Waals surface area contributed by atoms with Crippen molar-refractivity contribution in [3.05, 3.63) is 86.1 Å². The first-order valence-electron chi connectivity index (χ1n) is 9.97. The number of aromatic nitrogens is 1. The molecular formula is C24H20BrNO4. The summed E-state index contributed by atoms with van der Waals surface area (Å²) < 4.78 is 8.91. The molecule has 5 nitrogen and oxygen atoms in total. The van der Waals surface area contributed by atoms with Crippen molar-refractivity contribution in [3.8, 4) is 17.0 Å². The number of pyridine rings is 1. The Labute approximate surface area is 182 Å². The van der Waals surface area contributed by atoms with Crippen LogP contribution in [0.5, 0.6) is 5.75 Å². The van der Waals surface area contributed by atoms with Gasteiger partial charge in [-0.1, -0.05) is 30.3 Å². The highest BCUT2D eigenvalue weighted by atomic mass is 79.9. The summed E-state index contributed by atoms with van der Waals surface area (Å²) in [6, 6.07) is 15.5. The standard InChI is InChI=1S/C24H20BrNO4/c25-19-10-17-16(9-22(19)30-14-15-5-2-1-3-6-15)12-24(7-4-8-24)26-13-18(23(28)29)21(27)11-20(17)26/h1-3,5-6,9-11,13H,4,7-8,12,14H2,(H,28,29). The lowest BCUT2D eigenvalue weighted by Crippen LogP contribution is -2.46. The van der Waals surface area contributed by atoms with Crippen molar-refractivity contribution in [2.75, 3.05) is 0 Å². The van der Waals surface area contributed by atoms with Gasteiger partial charge in [0, 0.05) is 23.4 Å². The quantitative estimate of drug-likeness (QED) is 0.589. The fraction of sp³-hybridized carbons (Fsp3) is 0.250. The highest BCUT2D eigenvalue weighted by molar-refractivity contribution is 9.10. The average molecular weight is 466 g/mol. The minimum absolute atomic E-state index is 0.162. The molecule has 5 rings (SSSR count). The molecule has 1 N–H and O–H groups in total. The molecule has 2 aliphatic rings. The van der Waals surface area contributed by atoms with Gasteiger partial charge in [-0.2, -0.15) is 0 Å². The average Bonchev–Trinajstić information content (AvgIpc) is 2.71. The number of carboxylic acid groups (broad SMARTS) is 1. The van der Waals surface area contributed by atoms with Crippen LogP contribution in [0.15, 0.2) is 64.0 Å². The molecule has 1 aliphatic heterocycles. The van der Waals surface area contributed by atoms with Crippen molar-refractivity contribution < 1.29 is 14.6 Å². The molecule has 0 bridgehead atoms. The third kappa shape index (κ3) is 3.06. The van der Waals surface area contributed by atoms with Crippen molar-refractivity contribution in [2.24, 2.45) is 0 Å². The van der Waals surface area contributed by atoms with E-state index in [4.69, 9.17) is 4.74 Å². The minimum Gasteiger partial charge on any atom is -0.488 e. The molecule has 0 radical (unpaired) electrons. The maximum atomic E-state index is 12.4. The first-order valence-corrected chi connectivity index (χ1v) is 10.8. The second kappa shape index (κ2) is 7.13. The molecule has 1 aliphatic carbocycles. The van der Waals surface area contributed by atoms with Crippen LogP contribution in [0.25, 0.3) is 11.3 Å². The number of fused-ring (bicyclic) bond motifs is 4. The predicted molar refractivity (Wildman–Crippen MR) is 117 cm³/mol. The molecule has 30 heavy (non-hydrogen) atoms. The molecule has 0 amide bonds. The number of carboxylic acids is 1. The molecule has 0 atom stereocenters. The summed E-state index contributed by atoms with van der Waals surface area (Å²) in [5, 5.41) is 9.42. The van der Waals surface area contributed by atoms with Gasteiger partial charge in [0.2, 0.25) is 0 Å². The van der Waals surface area contributed by atoms with Crippen LogP contribution in [0.3, 0.4) is 0 Å². The molecule has 1 saturated carbocycles. The van der Waals surface area contributed by atoms with Gasteiger partial charge in [-0.25, -0.2) is 4.79 Å². The zero-order valence-electron chi connectivity index (χ0n) is 16.2. The van der Waals surface area contributed by atoms with Gasteiger partial charge in [0.25, 0.3) is 0 Å². The van der Waals surface area contributed by atoms with Gasteiger partial charge in [0.1, 0.15) is 17.9 Å². The third-order valence-corrected chi connectivity index (χ3v) is 6.89. The normalized spacial score (nSPS) is 15.8. The first kappa shape index (κ1) is 19.1. The van der Waals surface area contributed by atoms with Crippen molar-refractivity contribution in [1.82, 2.24) is 4.57 Å². The molecule has 0 unspecified atom stereocenters. The Balaban J connectivity index is 1.58. The number of benzene rings is 2. The van der Waals surface area contributed by atoms with Gasteiger partial charge < -0.3 is 14.4 Å². The third-order valence-electron chi connectivity index (χ3n) is 6.27. The van der Waals surface area contributed by atoms with E-state index in [1.165, 1.54) is 12.3 Å². The molecule has 0 saturated heterocycles. The minimum atomic E-state index is -1.18. The Morgan fingerprint density at radius 3 is 2.60 bits per heavy atom. The van der Waals surface area contributed by atoms with E-state index in [0.717, 1.165) is 58.3 Å². The summed E-state index contributed by atoms with van der Waals surface area (Å²) >= 11 is 3.61. The SMILES string of the molecule is O=C(O)c1cn2c(cc1=O)-c1cc(Br)c(OCc3ccccc3)cc1CC21CCC1. The van der Waals surface area contributed by atoms with Crippen LogP contribution in [-0.2, 0) is 18.6 Å². The van der Waals surface area contributed by atoms with Gasteiger partial charge in [-0.15, -0.1) is 0 Å². The van der Waals surface area contributed by atoms with Gasteiger partial charge in [-0.3, -0.25) is 4.79 Å². The van der Waals surface area contributed by atoms with E-state index < -0.39 is 11.4 Å². The topological polar surface area (TPSA) is 68.5 Å². The monoisotopic (exact) mass is 465 g/mol. The summed E-state index contributed by atoms with van der Waals surface area (Å²) in [6.07, 6.45) is 5.37. The van der Waals surface area contributed by atoms with Crippen LogP contribution in [0.1, 0.15) is 40.7 Å². The molecule has 6 heteroatoms. The lowest BCUT2D eigenvalue weighted by molar-refractivity contribution is 0.0691. The zero-order valence-corrected chi connectivity index (χ0v) is 17.8. The molecule has 1 aromatic heterocycles. The molecule has 1 spiro atoms. The van der Waals surface area contributed by atoms with Crippen LogP contribution in [-0.4, -0.2) is 15.6 Å². The van der Waals surface area contributed by atoms with Gasteiger partial charge >= 0.3 is 5.97 Å². The summed E-state index contributed by atoms with van der Waals surface area (Å²) in [5.74, 6) is -0.411. The highest BCUT2D eigenvalue weighted by Crippen LogP contribution is 2.50. The Kier molecular flexibility index (Phi) is 4.54. The molecule has 152 valence electrons. The summed E-state index contributed by atoms with van der Waals surface area (Å²) in [6.45, 7) is 0.474. The number of aromatic carboxylic acids is 1. The van der Waals surface area contributed by atoms with Gasteiger partial charge in [-0.05, 0) is 64.9 Å². The van der Waals surface area contributed by atoms with E-state index in [0.29, 0.717) is 6.61 Å². The molecule has 3 aromatic rings. The number of hydrogen-bond donors (Lipinski definition) is 1. The van der Waals surface area contributed by atoms with Crippen molar-refractivity contribution in [2.45, 2.75) is 37.8 Å². The summed E-state index contributed by atoms with van der Waals surface area (Å²) in [5.41, 5.74) is 3.15. The van der Waals surface area contributed by atoms with E-state index in [-0.39, 0.29) is 11.1 Å². The fourth-order valence-electron chi connectivity index (χ4n) is 4.56.